The first-order valence-corrected chi connectivity index (χ1v) is 5.65. The number of nitrogens with zero attached hydrogens (tertiary/aromatic N) is 1. The normalized spacial score (nSPS) is 20.1. The van der Waals surface area contributed by atoms with Crippen molar-refractivity contribution in [3.8, 4) is 0 Å². The molecule has 0 bridgehead atoms. The van der Waals surface area contributed by atoms with Gasteiger partial charge < -0.3 is 4.90 Å². The Labute approximate surface area is 91.0 Å². The summed E-state index contributed by atoms with van der Waals surface area (Å²) in [7, 11) is 0. The van der Waals surface area contributed by atoms with Gasteiger partial charge in [-0.05, 0) is 30.5 Å². The highest BCUT2D eigenvalue weighted by Gasteiger charge is 2.38. The minimum Gasteiger partial charge on any atom is -0.309 e. The van der Waals surface area contributed by atoms with Crippen LogP contribution in [-0.4, -0.2) is 11.9 Å². The molecule has 0 radical (unpaired) electrons. The molecule has 0 unspecified atom stereocenters. The number of halogens is 1. The van der Waals surface area contributed by atoms with Crippen molar-refractivity contribution in [1.29, 1.82) is 0 Å². The van der Waals surface area contributed by atoms with E-state index in [2.05, 4.69) is 22.0 Å². The van der Waals surface area contributed by atoms with Gasteiger partial charge in [-0.3, -0.25) is 4.79 Å². The Hall–Kier alpha value is -0.830. The smallest absolute Gasteiger partial charge is 0.231 e. The van der Waals surface area contributed by atoms with Crippen molar-refractivity contribution in [3.05, 3.63) is 28.2 Å². The molecule has 1 aromatic rings. The molecule has 2 nitrogen and oxygen atoms in total. The van der Waals surface area contributed by atoms with E-state index in [0.29, 0.717) is 12.5 Å². The van der Waals surface area contributed by atoms with Crippen molar-refractivity contribution in [2.24, 2.45) is 0 Å². The van der Waals surface area contributed by atoms with Gasteiger partial charge in [-0.15, -0.1) is 0 Å². The topological polar surface area (TPSA) is 20.3 Å². The summed E-state index contributed by atoms with van der Waals surface area (Å²) in [5.74, 6) is 0.264. The van der Waals surface area contributed by atoms with E-state index in [1.165, 1.54) is 5.56 Å². The Balaban J connectivity index is 2.09. The Morgan fingerprint density at radius 1 is 1.36 bits per heavy atom. The SMILES string of the molecule is O=C1Cc2ccc(Br)cc2N1C1CC1. The molecular formula is C11H10BrNO. The van der Waals surface area contributed by atoms with Gasteiger partial charge in [0.15, 0.2) is 0 Å². The van der Waals surface area contributed by atoms with Crippen molar-refractivity contribution in [1.82, 2.24) is 0 Å². The first-order chi connectivity index (χ1) is 6.75. The zero-order chi connectivity index (χ0) is 9.71. The minimum atomic E-state index is 0.264. The van der Waals surface area contributed by atoms with Gasteiger partial charge in [0.2, 0.25) is 5.91 Å². The van der Waals surface area contributed by atoms with Gasteiger partial charge in [0.25, 0.3) is 0 Å². The molecule has 1 amide bonds. The summed E-state index contributed by atoms with van der Waals surface area (Å²) >= 11 is 3.44. The van der Waals surface area contributed by atoms with Crippen LogP contribution in [-0.2, 0) is 11.2 Å². The average molecular weight is 252 g/mol. The molecule has 3 rings (SSSR count). The van der Waals surface area contributed by atoms with Gasteiger partial charge in [-0.1, -0.05) is 22.0 Å². The van der Waals surface area contributed by atoms with Gasteiger partial charge in [0.1, 0.15) is 0 Å². The van der Waals surface area contributed by atoms with Gasteiger partial charge in [-0.25, -0.2) is 0 Å². The summed E-state index contributed by atoms with van der Waals surface area (Å²) in [5, 5.41) is 0. The average Bonchev–Trinajstić information content (AvgIpc) is 2.90. The maximum Gasteiger partial charge on any atom is 0.231 e. The third-order valence-corrected chi connectivity index (χ3v) is 3.32. The van der Waals surface area contributed by atoms with E-state index in [-0.39, 0.29) is 5.91 Å². The fourth-order valence-corrected chi connectivity index (χ4v) is 2.38. The molecule has 1 fully saturated rings. The number of benzene rings is 1. The van der Waals surface area contributed by atoms with Crippen LogP contribution in [0.15, 0.2) is 22.7 Å². The number of hydrogen-bond donors (Lipinski definition) is 0. The number of fused-ring (bicyclic) bond motifs is 1. The fourth-order valence-electron chi connectivity index (χ4n) is 2.03. The third kappa shape index (κ3) is 1.19. The summed E-state index contributed by atoms with van der Waals surface area (Å²) in [6.07, 6.45) is 2.91. The Morgan fingerprint density at radius 2 is 2.14 bits per heavy atom. The molecular weight excluding hydrogens is 242 g/mol. The Kier molecular flexibility index (Phi) is 1.71. The lowest BCUT2D eigenvalue weighted by molar-refractivity contribution is -0.117. The molecule has 14 heavy (non-hydrogen) atoms. The monoisotopic (exact) mass is 251 g/mol. The lowest BCUT2D eigenvalue weighted by atomic mass is 10.2. The predicted octanol–water partition coefficient (Wildman–Crippen LogP) is 2.50. The molecule has 2 aliphatic rings. The fraction of sp³-hybridized carbons (Fsp3) is 0.364. The van der Waals surface area contributed by atoms with Gasteiger partial charge >= 0.3 is 0 Å². The van der Waals surface area contributed by atoms with Crippen LogP contribution in [0.25, 0.3) is 0 Å². The van der Waals surface area contributed by atoms with Crippen LogP contribution in [0.1, 0.15) is 18.4 Å². The largest absolute Gasteiger partial charge is 0.309 e. The Bertz CT molecular complexity index is 412. The lowest BCUT2D eigenvalue weighted by Gasteiger charge is -2.16. The van der Waals surface area contributed by atoms with Gasteiger partial charge in [0.05, 0.1) is 6.42 Å². The first kappa shape index (κ1) is 8.48. The van der Waals surface area contributed by atoms with Crippen LogP contribution >= 0.6 is 15.9 Å². The molecule has 1 saturated carbocycles. The van der Waals surface area contributed by atoms with Crippen molar-refractivity contribution >= 4 is 27.5 Å². The number of carbonyl (C=O) groups excluding carboxylic acids is 1. The number of anilines is 1. The second kappa shape index (κ2) is 2.83. The molecule has 1 aromatic carbocycles. The third-order valence-electron chi connectivity index (χ3n) is 2.83. The van der Waals surface area contributed by atoms with Crippen molar-refractivity contribution in [3.63, 3.8) is 0 Å². The minimum absolute atomic E-state index is 0.264. The lowest BCUT2D eigenvalue weighted by Crippen LogP contribution is -2.28. The van der Waals surface area contributed by atoms with E-state index < -0.39 is 0 Å². The van der Waals surface area contributed by atoms with E-state index in [1.807, 2.05) is 17.0 Å². The molecule has 3 heteroatoms. The van der Waals surface area contributed by atoms with Crippen LogP contribution in [0.5, 0.6) is 0 Å². The molecule has 1 aliphatic heterocycles. The van der Waals surface area contributed by atoms with Crippen molar-refractivity contribution < 1.29 is 4.79 Å². The second-order valence-electron chi connectivity index (χ2n) is 3.94. The molecule has 0 N–H and O–H groups in total. The maximum absolute atomic E-state index is 11.7. The maximum atomic E-state index is 11.7. The highest BCUT2D eigenvalue weighted by molar-refractivity contribution is 9.10. The zero-order valence-electron chi connectivity index (χ0n) is 7.66. The zero-order valence-corrected chi connectivity index (χ0v) is 9.25. The van der Waals surface area contributed by atoms with Crippen LogP contribution in [0.4, 0.5) is 5.69 Å². The quantitative estimate of drug-likeness (QED) is 0.752. The van der Waals surface area contributed by atoms with E-state index in [0.717, 1.165) is 23.0 Å². The number of hydrogen-bond acceptors (Lipinski definition) is 1. The van der Waals surface area contributed by atoms with Gasteiger partial charge in [0, 0.05) is 16.2 Å². The summed E-state index contributed by atoms with van der Waals surface area (Å²) in [4.78, 5) is 13.7. The Morgan fingerprint density at radius 3 is 2.86 bits per heavy atom. The van der Waals surface area contributed by atoms with Crippen LogP contribution in [0, 0.1) is 0 Å². The number of carbonyl (C=O) groups is 1. The summed E-state index contributed by atoms with van der Waals surface area (Å²) < 4.78 is 1.05. The van der Waals surface area contributed by atoms with E-state index >= 15 is 0 Å². The number of amides is 1. The molecule has 1 heterocycles. The highest BCUT2D eigenvalue weighted by Crippen LogP contribution is 2.39. The van der Waals surface area contributed by atoms with Crippen molar-refractivity contribution in [2.45, 2.75) is 25.3 Å². The summed E-state index contributed by atoms with van der Waals surface area (Å²) in [5.41, 5.74) is 2.29. The molecule has 0 aromatic heterocycles. The molecule has 0 saturated heterocycles. The highest BCUT2D eigenvalue weighted by atomic mass is 79.9. The predicted molar refractivity (Wildman–Crippen MR) is 58.4 cm³/mol. The van der Waals surface area contributed by atoms with Crippen LogP contribution in [0.2, 0.25) is 0 Å². The molecule has 72 valence electrons. The first-order valence-electron chi connectivity index (χ1n) is 4.86. The van der Waals surface area contributed by atoms with E-state index in [1.54, 1.807) is 0 Å². The molecule has 1 aliphatic carbocycles. The second-order valence-corrected chi connectivity index (χ2v) is 4.86. The standard InChI is InChI=1S/C11H10BrNO/c12-8-2-1-7-5-11(14)13(9-3-4-9)10(7)6-8/h1-2,6,9H,3-5H2. The van der Waals surface area contributed by atoms with Gasteiger partial charge in [-0.2, -0.15) is 0 Å². The summed E-state index contributed by atoms with van der Waals surface area (Å²) in [6.45, 7) is 0. The molecule has 0 atom stereocenters. The van der Waals surface area contributed by atoms with E-state index in [9.17, 15) is 4.79 Å². The summed E-state index contributed by atoms with van der Waals surface area (Å²) in [6, 6.07) is 6.58. The van der Waals surface area contributed by atoms with Crippen molar-refractivity contribution in [2.75, 3.05) is 4.90 Å². The van der Waals surface area contributed by atoms with Crippen LogP contribution in [0.3, 0.4) is 0 Å². The van der Waals surface area contributed by atoms with Crippen LogP contribution < -0.4 is 4.90 Å². The van der Waals surface area contributed by atoms with E-state index in [4.69, 9.17) is 0 Å². The molecule has 0 spiro atoms. The number of rotatable bonds is 1.